The minimum Gasteiger partial charge on any atom is -0.494 e. The zero-order valence-electron chi connectivity index (χ0n) is 15.5. The van der Waals surface area contributed by atoms with E-state index in [1.54, 1.807) is 26.2 Å². The predicted molar refractivity (Wildman–Crippen MR) is 105 cm³/mol. The van der Waals surface area contributed by atoms with E-state index in [-0.39, 0.29) is 12.3 Å². The number of carbonyl (C=O) groups is 1. The summed E-state index contributed by atoms with van der Waals surface area (Å²) in [5, 5.41) is 0. The summed E-state index contributed by atoms with van der Waals surface area (Å²) in [6.45, 7) is 3.13. The van der Waals surface area contributed by atoms with E-state index < -0.39 is 0 Å². The van der Waals surface area contributed by atoms with Crippen LogP contribution >= 0.6 is 15.9 Å². The molecule has 2 rings (SSSR count). The standard InChI is InChI=1S/C20H24BrNO4/c1-5-26-16-8-6-14(7-9-16)13-22(2)20(23)11-15-10-18(24-3)19(25-4)12-17(15)21/h6-10,12H,5,11,13H2,1-4H3. The van der Waals surface area contributed by atoms with Crippen LogP contribution in [0.4, 0.5) is 0 Å². The van der Waals surface area contributed by atoms with Gasteiger partial charge in [-0.2, -0.15) is 0 Å². The van der Waals surface area contributed by atoms with Crippen molar-refractivity contribution in [2.75, 3.05) is 27.9 Å². The molecule has 0 saturated heterocycles. The summed E-state index contributed by atoms with van der Waals surface area (Å²) < 4.78 is 16.8. The lowest BCUT2D eigenvalue weighted by Crippen LogP contribution is -2.27. The van der Waals surface area contributed by atoms with E-state index in [1.165, 1.54) is 0 Å². The third kappa shape index (κ3) is 5.14. The molecule has 0 radical (unpaired) electrons. The van der Waals surface area contributed by atoms with Crippen LogP contribution in [0, 0.1) is 0 Å². The van der Waals surface area contributed by atoms with Crippen molar-refractivity contribution in [2.45, 2.75) is 19.9 Å². The number of amides is 1. The number of rotatable bonds is 8. The maximum Gasteiger partial charge on any atom is 0.227 e. The summed E-state index contributed by atoms with van der Waals surface area (Å²) in [4.78, 5) is 14.3. The number of hydrogen-bond acceptors (Lipinski definition) is 4. The van der Waals surface area contributed by atoms with Crippen LogP contribution < -0.4 is 14.2 Å². The van der Waals surface area contributed by atoms with Crippen LogP contribution in [-0.4, -0.2) is 38.7 Å². The lowest BCUT2D eigenvalue weighted by molar-refractivity contribution is -0.129. The molecule has 0 aliphatic carbocycles. The third-order valence-corrected chi connectivity index (χ3v) is 4.71. The number of likely N-dealkylation sites (N-methyl/N-ethyl adjacent to an activating group) is 1. The number of halogens is 1. The van der Waals surface area contributed by atoms with E-state index in [4.69, 9.17) is 14.2 Å². The van der Waals surface area contributed by atoms with Gasteiger partial charge in [0.15, 0.2) is 11.5 Å². The lowest BCUT2D eigenvalue weighted by atomic mass is 10.1. The molecule has 0 heterocycles. The number of hydrogen-bond donors (Lipinski definition) is 0. The minimum atomic E-state index is 0.0202. The van der Waals surface area contributed by atoms with Crippen LogP contribution in [0.15, 0.2) is 40.9 Å². The minimum absolute atomic E-state index is 0.0202. The Labute approximate surface area is 163 Å². The Morgan fingerprint density at radius 1 is 1.08 bits per heavy atom. The van der Waals surface area contributed by atoms with Gasteiger partial charge < -0.3 is 19.1 Å². The lowest BCUT2D eigenvalue weighted by Gasteiger charge is -2.19. The van der Waals surface area contributed by atoms with Crippen molar-refractivity contribution in [2.24, 2.45) is 0 Å². The van der Waals surface area contributed by atoms with E-state index in [0.717, 1.165) is 21.3 Å². The Hall–Kier alpha value is -2.21. The Balaban J connectivity index is 2.04. The fourth-order valence-electron chi connectivity index (χ4n) is 2.55. The van der Waals surface area contributed by atoms with Crippen molar-refractivity contribution in [3.63, 3.8) is 0 Å². The molecule has 0 bridgehead atoms. The molecule has 6 heteroatoms. The second kappa shape index (κ2) is 9.48. The molecule has 0 N–H and O–H groups in total. The summed E-state index contributed by atoms with van der Waals surface area (Å²) in [6, 6.07) is 11.4. The Bertz CT molecular complexity index is 746. The maximum atomic E-state index is 12.6. The first-order chi connectivity index (χ1) is 12.5. The molecule has 26 heavy (non-hydrogen) atoms. The highest BCUT2D eigenvalue weighted by atomic mass is 79.9. The quantitative estimate of drug-likeness (QED) is 0.644. The molecule has 0 atom stereocenters. The van der Waals surface area contributed by atoms with Crippen LogP contribution in [-0.2, 0) is 17.8 Å². The van der Waals surface area contributed by atoms with Crippen LogP contribution in [0.3, 0.4) is 0 Å². The fourth-order valence-corrected chi connectivity index (χ4v) is 3.01. The molecule has 1 amide bonds. The van der Waals surface area contributed by atoms with Crippen LogP contribution in [0.2, 0.25) is 0 Å². The molecule has 0 spiro atoms. The molecular weight excluding hydrogens is 398 g/mol. The van der Waals surface area contributed by atoms with Crippen molar-refractivity contribution in [1.82, 2.24) is 4.90 Å². The van der Waals surface area contributed by atoms with Gasteiger partial charge in [-0.1, -0.05) is 28.1 Å². The molecule has 0 fully saturated rings. The van der Waals surface area contributed by atoms with Crippen molar-refractivity contribution >= 4 is 21.8 Å². The van der Waals surface area contributed by atoms with Crippen LogP contribution in [0.5, 0.6) is 17.2 Å². The highest BCUT2D eigenvalue weighted by molar-refractivity contribution is 9.10. The first-order valence-electron chi connectivity index (χ1n) is 8.34. The second-order valence-corrected chi connectivity index (χ2v) is 6.66. The van der Waals surface area contributed by atoms with E-state index in [1.807, 2.05) is 43.3 Å². The third-order valence-electron chi connectivity index (χ3n) is 3.97. The summed E-state index contributed by atoms with van der Waals surface area (Å²) in [5.41, 5.74) is 1.90. The van der Waals surface area contributed by atoms with Gasteiger partial charge in [0.05, 0.1) is 27.2 Å². The maximum absolute atomic E-state index is 12.6. The highest BCUT2D eigenvalue weighted by Crippen LogP contribution is 2.33. The predicted octanol–water partition coefficient (Wildman–Crippen LogP) is 4.07. The van der Waals surface area contributed by atoms with Gasteiger partial charge in [-0.3, -0.25) is 4.79 Å². The molecule has 5 nitrogen and oxygen atoms in total. The molecular formula is C20H24BrNO4. The van der Waals surface area contributed by atoms with Crippen molar-refractivity contribution in [1.29, 1.82) is 0 Å². The molecule has 140 valence electrons. The van der Waals surface area contributed by atoms with Gasteiger partial charge in [-0.05, 0) is 42.3 Å². The second-order valence-electron chi connectivity index (χ2n) is 5.80. The summed E-state index contributed by atoms with van der Waals surface area (Å²) in [7, 11) is 4.96. The van der Waals surface area contributed by atoms with Gasteiger partial charge in [0.1, 0.15) is 5.75 Å². The van der Waals surface area contributed by atoms with Gasteiger partial charge in [0.25, 0.3) is 0 Å². The smallest absolute Gasteiger partial charge is 0.227 e. The molecule has 0 saturated carbocycles. The topological polar surface area (TPSA) is 48.0 Å². The van der Waals surface area contributed by atoms with E-state index >= 15 is 0 Å². The zero-order valence-corrected chi connectivity index (χ0v) is 17.1. The first-order valence-corrected chi connectivity index (χ1v) is 9.13. The van der Waals surface area contributed by atoms with Crippen LogP contribution in [0.25, 0.3) is 0 Å². The molecule has 0 aliphatic heterocycles. The van der Waals surface area contributed by atoms with Crippen molar-refractivity contribution < 1.29 is 19.0 Å². The van der Waals surface area contributed by atoms with E-state index in [2.05, 4.69) is 15.9 Å². The van der Waals surface area contributed by atoms with E-state index in [0.29, 0.717) is 24.7 Å². The molecule has 0 aliphatic rings. The summed E-state index contributed by atoms with van der Waals surface area (Å²) in [6.07, 6.45) is 0.272. The van der Waals surface area contributed by atoms with Gasteiger partial charge in [0, 0.05) is 18.1 Å². The number of benzene rings is 2. The summed E-state index contributed by atoms with van der Waals surface area (Å²) >= 11 is 3.50. The number of nitrogens with zero attached hydrogens (tertiary/aromatic N) is 1. The number of ether oxygens (including phenoxy) is 3. The van der Waals surface area contributed by atoms with Crippen LogP contribution in [0.1, 0.15) is 18.1 Å². The number of methoxy groups -OCH3 is 2. The Kier molecular flexibility index (Phi) is 7.33. The van der Waals surface area contributed by atoms with Gasteiger partial charge in [-0.15, -0.1) is 0 Å². The number of carbonyl (C=O) groups excluding carboxylic acids is 1. The van der Waals surface area contributed by atoms with Gasteiger partial charge >= 0.3 is 0 Å². The molecule has 2 aromatic carbocycles. The Morgan fingerprint density at radius 2 is 1.69 bits per heavy atom. The Morgan fingerprint density at radius 3 is 2.27 bits per heavy atom. The largest absolute Gasteiger partial charge is 0.494 e. The monoisotopic (exact) mass is 421 g/mol. The first kappa shape index (κ1) is 20.1. The van der Waals surface area contributed by atoms with Gasteiger partial charge in [0.2, 0.25) is 5.91 Å². The molecule has 0 unspecified atom stereocenters. The van der Waals surface area contributed by atoms with Gasteiger partial charge in [-0.25, -0.2) is 0 Å². The molecule has 2 aromatic rings. The van der Waals surface area contributed by atoms with Crippen molar-refractivity contribution in [3.8, 4) is 17.2 Å². The van der Waals surface area contributed by atoms with Crippen molar-refractivity contribution in [3.05, 3.63) is 52.0 Å². The van der Waals surface area contributed by atoms with E-state index in [9.17, 15) is 4.79 Å². The average Bonchev–Trinajstić information content (AvgIpc) is 2.64. The fraction of sp³-hybridized carbons (Fsp3) is 0.350. The summed E-state index contributed by atoms with van der Waals surface area (Å²) in [5.74, 6) is 2.08. The highest BCUT2D eigenvalue weighted by Gasteiger charge is 2.15. The SMILES string of the molecule is CCOc1ccc(CN(C)C(=O)Cc2cc(OC)c(OC)cc2Br)cc1. The molecule has 0 aromatic heterocycles. The normalized spacial score (nSPS) is 10.3. The zero-order chi connectivity index (χ0) is 19.1. The average molecular weight is 422 g/mol.